The molecule has 1 amide bonds. The van der Waals surface area contributed by atoms with Crippen LogP contribution in [0.4, 0.5) is 0 Å². The Morgan fingerprint density at radius 2 is 2.00 bits per heavy atom. The van der Waals surface area contributed by atoms with E-state index in [4.69, 9.17) is 5.11 Å². The lowest BCUT2D eigenvalue weighted by molar-refractivity contribution is 0.0934. The Kier molecular flexibility index (Phi) is 5.96. The van der Waals surface area contributed by atoms with Gasteiger partial charge in [0.1, 0.15) is 6.61 Å². The minimum Gasteiger partial charge on any atom is -0.384 e. The molecule has 0 heterocycles. The van der Waals surface area contributed by atoms with E-state index in [-0.39, 0.29) is 18.6 Å². The Morgan fingerprint density at radius 3 is 2.61 bits per heavy atom. The lowest BCUT2D eigenvalue weighted by Gasteiger charge is -2.15. The molecule has 0 fully saturated rings. The monoisotopic (exact) mass is 245 g/mol. The zero-order chi connectivity index (χ0) is 13.4. The topological polar surface area (TPSA) is 49.3 Å². The average Bonchev–Trinajstić information content (AvgIpc) is 2.42. The summed E-state index contributed by atoms with van der Waals surface area (Å²) in [5.41, 5.74) is 1.21. The van der Waals surface area contributed by atoms with E-state index in [1.165, 1.54) is 0 Å². The summed E-state index contributed by atoms with van der Waals surface area (Å²) in [7, 11) is 0. The minimum absolute atomic E-state index is 0.105. The number of nitrogens with one attached hydrogen (secondary N) is 1. The van der Waals surface area contributed by atoms with Gasteiger partial charge in [-0.1, -0.05) is 37.8 Å². The Balaban J connectivity index is 2.91. The van der Waals surface area contributed by atoms with E-state index in [0.717, 1.165) is 12.8 Å². The third-order valence-electron chi connectivity index (χ3n) is 2.79. The standard InChI is InChI=1S/C15H19NO2/c1-3-13(4-2)16-15(18)14-10-6-5-8-12(14)9-7-11-17/h5-6,8,10,13,17H,3-4,11H2,1-2H3,(H,16,18). The molecule has 0 aromatic heterocycles. The fourth-order valence-electron chi connectivity index (χ4n) is 1.68. The zero-order valence-corrected chi connectivity index (χ0v) is 10.9. The molecule has 0 unspecified atom stereocenters. The van der Waals surface area contributed by atoms with Gasteiger partial charge in [0, 0.05) is 11.6 Å². The van der Waals surface area contributed by atoms with Crippen molar-refractivity contribution >= 4 is 5.91 Å². The van der Waals surface area contributed by atoms with Gasteiger partial charge in [0.2, 0.25) is 0 Å². The molecular formula is C15H19NO2. The number of carbonyl (C=O) groups excluding carboxylic acids is 1. The number of rotatable bonds is 4. The molecule has 3 nitrogen and oxygen atoms in total. The Bertz CT molecular complexity index is 453. The molecule has 96 valence electrons. The largest absolute Gasteiger partial charge is 0.384 e. The van der Waals surface area contributed by atoms with Crippen molar-refractivity contribution in [1.82, 2.24) is 5.32 Å². The molecule has 0 bridgehead atoms. The maximum atomic E-state index is 12.1. The second kappa shape index (κ2) is 7.52. The maximum absolute atomic E-state index is 12.1. The van der Waals surface area contributed by atoms with Crippen molar-refractivity contribution in [1.29, 1.82) is 0 Å². The molecule has 18 heavy (non-hydrogen) atoms. The summed E-state index contributed by atoms with van der Waals surface area (Å²) in [6, 6.07) is 7.36. The molecule has 3 heteroatoms. The molecule has 0 aliphatic rings. The second-order valence-corrected chi connectivity index (χ2v) is 3.99. The van der Waals surface area contributed by atoms with Gasteiger partial charge in [-0.25, -0.2) is 0 Å². The van der Waals surface area contributed by atoms with Crippen LogP contribution in [0.2, 0.25) is 0 Å². The van der Waals surface area contributed by atoms with E-state index in [0.29, 0.717) is 11.1 Å². The molecule has 0 saturated carbocycles. The van der Waals surface area contributed by atoms with Gasteiger partial charge >= 0.3 is 0 Å². The molecule has 0 saturated heterocycles. The van der Waals surface area contributed by atoms with Gasteiger partial charge in [-0.05, 0) is 25.0 Å². The number of hydrogen-bond acceptors (Lipinski definition) is 2. The van der Waals surface area contributed by atoms with Crippen molar-refractivity contribution in [2.24, 2.45) is 0 Å². The average molecular weight is 245 g/mol. The van der Waals surface area contributed by atoms with Crippen LogP contribution in [0, 0.1) is 11.8 Å². The van der Waals surface area contributed by atoms with Crippen LogP contribution in [-0.4, -0.2) is 23.7 Å². The van der Waals surface area contributed by atoms with Gasteiger partial charge in [-0.15, -0.1) is 0 Å². The third kappa shape index (κ3) is 3.90. The van der Waals surface area contributed by atoms with Gasteiger partial charge < -0.3 is 10.4 Å². The van der Waals surface area contributed by atoms with Crippen LogP contribution in [-0.2, 0) is 0 Å². The van der Waals surface area contributed by atoms with E-state index in [2.05, 4.69) is 17.2 Å². The van der Waals surface area contributed by atoms with Crippen molar-refractivity contribution in [3.63, 3.8) is 0 Å². The van der Waals surface area contributed by atoms with Crippen molar-refractivity contribution in [3.8, 4) is 11.8 Å². The highest BCUT2D eigenvalue weighted by Crippen LogP contribution is 2.08. The summed E-state index contributed by atoms with van der Waals surface area (Å²) in [4.78, 5) is 12.1. The van der Waals surface area contributed by atoms with E-state index < -0.39 is 0 Å². The van der Waals surface area contributed by atoms with Crippen LogP contribution < -0.4 is 5.32 Å². The molecule has 1 aromatic carbocycles. The van der Waals surface area contributed by atoms with Crippen LogP contribution >= 0.6 is 0 Å². The molecular weight excluding hydrogens is 226 g/mol. The highest BCUT2D eigenvalue weighted by Gasteiger charge is 2.12. The van der Waals surface area contributed by atoms with Gasteiger partial charge in [0.25, 0.3) is 5.91 Å². The molecule has 0 aliphatic heterocycles. The molecule has 1 rings (SSSR count). The van der Waals surface area contributed by atoms with E-state index in [9.17, 15) is 4.79 Å². The lowest BCUT2D eigenvalue weighted by Crippen LogP contribution is -2.34. The summed E-state index contributed by atoms with van der Waals surface area (Å²) in [5, 5.41) is 11.7. The fraction of sp³-hybridized carbons (Fsp3) is 0.400. The third-order valence-corrected chi connectivity index (χ3v) is 2.79. The summed E-state index contributed by atoms with van der Waals surface area (Å²) in [5.74, 6) is 5.25. The van der Waals surface area contributed by atoms with Gasteiger partial charge in [0.05, 0.1) is 5.56 Å². The van der Waals surface area contributed by atoms with Crippen LogP contribution in [0.1, 0.15) is 42.6 Å². The van der Waals surface area contributed by atoms with Gasteiger partial charge in [0.15, 0.2) is 0 Å². The number of aliphatic hydroxyl groups is 1. The normalized spacial score (nSPS) is 9.78. The number of hydrogen-bond donors (Lipinski definition) is 2. The fourth-order valence-corrected chi connectivity index (χ4v) is 1.68. The molecule has 0 atom stereocenters. The SMILES string of the molecule is CCC(CC)NC(=O)c1ccccc1C#CCO. The highest BCUT2D eigenvalue weighted by molar-refractivity contribution is 5.96. The lowest BCUT2D eigenvalue weighted by atomic mass is 10.1. The van der Waals surface area contributed by atoms with Crippen molar-refractivity contribution in [2.75, 3.05) is 6.61 Å². The first kappa shape index (κ1) is 14.3. The first-order valence-corrected chi connectivity index (χ1v) is 6.22. The molecule has 2 N–H and O–H groups in total. The minimum atomic E-state index is -0.206. The van der Waals surface area contributed by atoms with Crippen LogP contribution in [0.15, 0.2) is 24.3 Å². The second-order valence-electron chi connectivity index (χ2n) is 3.99. The van der Waals surface area contributed by atoms with Crippen LogP contribution in [0.3, 0.4) is 0 Å². The predicted octanol–water partition coefficient (Wildman–Crippen LogP) is 1.95. The molecule has 0 radical (unpaired) electrons. The van der Waals surface area contributed by atoms with Crippen molar-refractivity contribution in [2.45, 2.75) is 32.7 Å². The maximum Gasteiger partial charge on any atom is 0.252 e. The van der Waals surface area contributed by atoms with E-state index >= 15 is 0 Å². The van der Waals surface area contributed by atoms with Crippen molar-refractivity contribution in [3.05, 3.63) is 35.4 Å². The summed E-state index contributed by atoms with van der Waals surface area (Å²) in [6.07, 6.45) is 1.82. The number of aliphatic hydroxyl groups excluding tert-OH is 1. The van der Waals surface area contributed by atoms with E-state index in [1.807, 2.05) is 26.0 Å². The Morgan fingerprint density at radius 1 is 1.33 bits per heavy atom. The van der Waals surface area contributed by atoms with Gasteiger partial charge in [-0.3, -0.25) is 4.79 Å². The number of benzene rings is 1. The number of carbonyl (C=O) groups is 1. The molecule has 0 aliphatic carbocycles. The first-order chi connectivity index (χ1) is 8.72. The smallest absolute Gasteiger partial charge is 0.252 e. The molecule has 0 spiro atoms. The summed E-state index contributed by atoms with van der Waals surface area (Å²) >= 11 is 0. The van der Waals surface area contributed by atoms with E-state index in [1.54, 1.807) is 12.1 Å². The van der Waals surface area contributed by atoms with Crippen molar-refractivity contribution < 1.29 is 9.90 Å². The number of amides is 1. The summed E-state index contributed by atoms with van der Waals surface area (Å²) in [6.45, 7) is 3.89. The quantitative estimate of drug-likeness (QED) is 0.797. The first-order valence-electron chi connectivity index (χ1n) is 6.22. The van der Waals surface area contributed by atoms with Gasteiger partial charge in [-0.2, -0.15) is 0 Å². The predicted molar refractivity (Wildman–Crippen MR) is 72.2 cm³/mol. The Hall–Kier alpha value is -1.79. The summed E-state index contributed by atoms with van der Waals surface area (Å²) < 4.78 is 0. The zero-order valence-electron chi connectivity index (χ0n) is 10.9. The molecule has 1 aromatic rings. The Labute approximate surface area is 108 Å². The highest BCUT2D eigenvalue weighted by atomic mass is 16.2. The van der Waals surface area contributed by atoms with Crippen LogP contribution in [0.25, 0.3) is 0 Å². The van der Waals surface area contributed by atoms with Crippen LogP contribution in [0.5, 0.6) is 0 Å².